The Bertz CT molecular complexity index is 1520. The van der Waals surface area contributed by atoms with Gasteiger partial charge >= 0.3 is 12.1 Å². The number of alkyl carbamates (subject to hydrolysis) is 1. The van der Waals surface area contributed by atoms with E-state index in [9.17, 15) is 19.5 Å². The van der Waals surface area contributed by atoms with Gasteiger partial charge in [0.15, 0.2) is 0 Å². The Morgan fingerprint density at radius 3 is 2.71 bits per heavy atom. The summed E-state index contributed by atoms with van der Waals surface area (Å²) >= 11 is 0. The Hall–Kier alpha value is -4.99. The monoisotopic (exact) mass is 513 g/mol. The average molecular weight is 514 g/mol. The Morgan fingerprint density at radius 1 is 1.13 bits per heavy atom. The fraction of sp³-hybridized carbons (Fsp3) is 0.179. The van der Waals surface area contributed by atoms with Gasteiger partial charge in [0.1, 0.15) is 24.3 Å². The van der Waals surface area contributed by atoms with Gasteiger partial charge in [0, 0.05) is 19.2 Å². The SMILES string of the molecule is Cc1ccnc(NCC=Cc2ccc3nc(C[C@H](NC(=O)OCc4ccccc4)C(=O)O)[nH]c(=O)c3c2)c1. The molecule has 0 spiro atoms. The highest BCUT2D eigenvalue weighted by Gasteiger charge is 2.23. The fourth-order valence-corrected chi connectivity index (χ4v) is 3.70. The zero-order valence-electron chi connectivity index (χ0n) is 20.7. The number of aromatic amines is 1. The van der Waals surface area contributed by atoms with Crippen LogP contribution < -0.4 is 16.2 Å². The zero-order valence-corrected chi connectivity index (χ0v) is 20.7. The Balaban J connectivity index is 1.39. The Labute approximate surface area is 218 Å². The molecule has 0 saturated carbocycles. The van der Waals surface area contributed by atoms with Gasteiger partial charge in [0.05, 0.1) is 10.9 Å². The van der Waals surface area contributed by atoms with Gasteiger partial charge in [0.25, 0.3) is 5.56 Å². The number of nitrogens with one attached hydrogen (secondary N) is 3. The highest BCUT2D eigenvalue weighted by atomic mass is 16.5. The lowest BCUT2D eigenvalue weighted by Gasteiger charge is -2.14. The topological polar surface area (TPSA) is 146 Å². The molecule has 0 aliphatic carbocycles. The molecule has 0 fully saturated rings. The molecule has 1 amide bonds. The zero-order chi connectivity index (χ0) is 26.9. The van der Waals surface area contributed by atoms with E-state index in [4.69, 9.17) is 4.74 Å². The highest BCUT2D eigenvalue weighted by Crippen LogP contribution is 2.13. The van der Waals surface area contributed by atoms with Crippen molar-refractivity contribution >= 4 is 34.9 Å². The number of aromatic nitrogens is 3. The fourth-order valence-electron chi connectivity index (χ4n) is 3.70. The van der Waals surface area contributed by atoms with Gasteiger partial charge in [-0.25, -0.2) is 19.6 Å². The van der Waals surface area contributed by atoms with Crippen LogP contribution in [0.5, 0.6) is 0 Å². The number of hydrogen-bond donors (Lipinski definition) is 4. The average Bonchev–Trinajstić information content (AvgIpc) is 2.90. The summed E-state index contributed by atoms with van der Waals surface area (Å²) in [7, 11) is 0. The first kappa shape index (κ1) is 26.1. The van der Waals surface area contributed by atoms with E-state index in [-0.39, 0.29) is 18.9 Å². The van der Waals surface area contributed by atoms with E-state index in [0.717, 1.165) is 22.5 Å². The van der Waals surface area contributed by atoms with Gasteiger partial charge in [-0.2, -0.15) is 0 Å². The number of anilines is 1. The van der Waals surface area contributed by atoms with Crippen LogP contribution in [0.1, 0.15) is 22.5 Å². The van der Waals surface area contributed by atoms with Gasteiger partial charge in [-0.3, -0.25) is 4.79 Å². The second-order valence-electron chi connectivity index (χ2n) is 8.59. The van der Waals surface area contributed by atoms with E-state index in [1.165, 1.54) is 0 Å². The van der Waals surface area contributed by atoms with Crippen molar-refractivity contribution in [1.82, 2.24) is 20.3 Å². The molecule has 10 nitrogen and oxygen atoms in total. The molecule has 0 bridgehead atoms. The number of fused-ring (bicyclic) bond motifs is 1. The summed E-state index contributed by atoms with van der Waals surface area (Å²) in [4.78, 5) is 47.9. The van der Waals surface area contributed by atoms with Crippen LogP contribution in [0.2, 0.25) is 0 Å². The minimum Gasteiger partial charge on any atom is -0.480 e. The summed E-state index contributed by atoms with van der Waals surface area (Å²) in [5.41, 5.74) is 2.70. The quantitative estimate of drug-likeness (QED) is 0.251. The van der Waals surface area contributed by atoms with Crippen molar-refractivity contribution in [3.8, 4) is 0 Å². The lowest BCUT2D eigenvalue weighted by atomic mass is 10.1. The first-order valence-corrected chi connectivity index (χ1v) is 11.9. The highest BCUT2D eigenvalue weighted by molar-refractivity contribution is 5.81. The van der Waals surface area contributed by atoms with Crippen LogP contribution in [0.15, 0.2) is 77.7 Å². The van der Waals surface area contributed by atoms with Crippen molar-refractivity contribution in [3.63, 3.8) is 0 Å². The number of carboxylic acids is 1. The summed E-state index contributed by atoms with van der Waals surface area (Å²) in [6.45, 7) is 2.55. The molecular formula is C28H27N5O5. The normalized spacial score (nSPS) is 11.8. The molecule has 194 valence electrons. The summed E-state index contributed by atoms with van der Waals surface area (Å²) in [6, 6.07) is 16.8. The molecule has 2 aromatic carbocycles. The number of carboxylic acid groups (broad SMARTS) is 1. The van der Waals surface area contributed by atoms with Crippen molar-refractivity contribution in [2.24, 2.45) is 0 Å². The minimum absolute atomic E-state index is 0.000271. The van der Waals surface area contributed by atoms with Crippen LogP contribution in [0.4, 0.5) is 10.6 Å². The number of nitrogens with zero attached hydrogens (tertiary/aromatic N) is 2. The van der Waals surface area contributed by atoms with E-state index in [1.807, 2.05) is 43.3 Å². The molecule has 10 heteroatoms. The maximum absolute atomic E-state index is 12.7. The standard InChI is InChI=1S/C28H27N5O5/c1-18-11-13-30-24(14-18)29-12-5-8-19-9-10-22-21(15-19)26(34)33-25(31-22)16-23(27(35)36)32-28(37)38-17-20-6-3-2-4-7-20/h2-11,13-15,23H,12,16-17H2,1H3,(H,29,30)(H,32,37)(H,35,36)(H,31,33,34)/t23-/m0/s1. The van der Waals surface area contributed by atoms with Crippen LogP contribution in [0.25, 0.3) is 17.0 Å². The van der Waals surface area contributed by atoms with Crippen molar-refractivity contribution in [2.45, 2.75) is 26.0 Å². The predicted molar refractivity (Wildman–Crippen MR) is 144 cm³/mol. The van der Waals surface area contributed by atoms with Crippen LogP contribution in [-0.4, -0.2) is 44.7 Å². The number of H-pyrrole nitrogens is 1. The van der Waals surface area contributed by atoms with E-state index in [1.54, 1.807) is 42.6 Å². The van der Waals surface area contributed by atoms with Crippen LogP contribution in [0, 0.1) is 6.92 Å². The molecule has 38 heavy (non-hydrogen) atoms. The molecule has 0 unspecified atom stereocenters. The van der Waals surface area contributed by atoms with Gasteiger partial charge in [-0.15, -0.1) is 0 Å². The van der Waals surface area contributed by atoms with Gasteiger partial charge in [0.2, 0.25) is 0 Å². The van der Waals surface area contributed by atoms with Crippen LogP contribution in [0.3, 0.4) is 0 Å². The van der Waals surface area contributed by atoms with Crippen LogP contribution in [-0.2, 0) is 22.6 Å². The number of ether oxygens (including phenoxy) is 1. The largest absolute Gasteiger partial charge is 0.480 e. The number of pyridine rings is 1. The molecule has 2 aromatic heterocycles. The molecule has 4 N–H and O–H groups in total. The molecule has 4 rings (SSSR count). The van der Waals surface area contributed by atoms with Crippen molar-refractivity contribution in [3.05, 3.63) is 106 Å². The van der Waals surface area contributed by atoms with E-state index < -0.39 is 23.7 Å². The Kier molecular flexibility index (Phi) is 8.45. The molecule has 0 saturated heterocycles. The van der Waals surface area contributed by atoms with Gasteiger partial charge < -0.3 is 25.5 Å². The summed E-state index contributed by atoms with van der Waals surface area (Å²) in [5, 5.41) is 15.5. The van der Waals surface area contributed by atoms with E-state index in [0.29, 0.717) is 17.4 Å². The van der Waals surface area contributed by atoms with E-state index >= 15 is 0 Å². The predicted octanol–water partition coefficient (Wildman–Crippen LogP) is 3.67. The number of benzene rings is 2. The van der Waals surface area contributed by atoms with Crippen molar-refractivity contribution in [2.75, 3.05) is 11.9 Å². The van der Waals surface area contributed by atoms with Gasteiger partial charge in [-0.1, -0.05) is 48.6 Å². The first-order chi connectivity index (χ1) is 18.4. The number of aryl methyl sites for hydroxylation is 1. The number of carbonyl (C=O) groups excluding carboxylic acids is 1. The molecule has 1 atom stereocenters. The van der Waals surface area contributed by atoms with E-state index in [2.05, 4.69) is 25.6 Å². The van der Waals surface area contributed by atoms with Gasteiger partial charge in [-0.05, 0) is 47.9 Å². The lowest BCUT2D eigenvalue weighted by Crippen LogP contribution is -2.43. The summed E-state index contributed by atoms with van der Waals surface area (Å²) in [6.07, 6.45) is 4.43. The molecular weight excluding hydrogens is 486 g/mol. The third-order valence-corrected chi connectivity index (χ3v) is 5.61. The number of aliphatic carboxylic acids is 1. The Morgan fingerprint density at radius 2 is 1.95 bits per heavy atom. The molecule has 4 aromatic rings. The smallest absolute Gasteiger partial charge is 0.408 e. The third-order valence-electron chi connectivity index (χ3n) is 5.61. The molecule has 0 aliphatic heterocycles. The maximum atomic E-state index is 12.7. The lowest BCUT2D eigenvalue weighted by molar-refractivity contribution is -0.139. The minimum atomic E-state index is -1.34. The number of carbonyl (C=O) groups is 2. The van der Waals surface area contributed by atoms with Crippen LogP contribution >= 0.6 is 0 Å². The third kappa shape index (κ3) is 7.26. The summed E-state index contributed by atoms with van der Waals surface area (Å²) < 4.78 is 5.10. The molecule has 2 heterocycles. The number of amides is 1. The number of rotatable bonds is 10. The molecule has 0 aliphatic rings. The number of hydrogen-bond acceptors (Lipinski definition) is 7. The molecule has 0 radical (unpaired) electrons. The second-order valence-corrected chi connectivity index (χ2v) is 8.59. The first-order valence-electron chi connectivity index (χ1n) is 11.9. The van der Waals surface area contributed by atoms with Crippen molar-refractivity contribution < 1.29 is 19.4 Å². The summed E-state index contributed by atoms with van der Waals surface area (Å²) in [5.74, 6) is -0.365. The maximum Gasteiger partial charge on any atom is 0.408 e. The van der Waals surface area contributed by atoms with Crippen molar-refractivity contribution in [1.29, 1.82) is 0 Å². The second kappa shape index (κ2) is 12.3.